The lowest BCUT2D eigenvalue weighted by Crippen LogP contribution is -2.18. The van der Waals surface area contributed by atoms with Crippen molar-refractivity contribution in [3.05, 3.63) is 33.3 Å². The van der Waals surface area contributed by atoms with Crippen molar-refractivity contribution >= 4 is 23.0 Å². The maximum atomic E-state index is 11.0. The molecule has 0 bridgehead atoms. The smallest absolute Gasteiger partial charge is 0.292 e. The predicted molar refractivity (Wildman–Crippen MR) is 73.1 cm³/mol. The molecule has 0 heterocycles. The first-order chi connectivity index (χ1) is 8.37. The van der Waals surface area contributed by atoms with E-state index in [-0.39, 0.29) is 16.7 Å². The first-order valence-corrected chi connectivity index (χ1v) is 6.46. The number of nitro groups is 1. The third-order valence-electron chi connectivity index (χ3n) is 3.48. The lowest BCUT2D eigenvalue weighted by molar-refractivity contribution is -0.384. The van der Waals surface area contributed by atoms with E-state index in [1.807, 2.05) is 0 Å². The van der Waals surface area contributed by atoms with Crippen molar-refractivity contribution in [3.8, 4) is 0 Å². The van der Waals surface area contributed by atoms with E-state index < -0.39 is 0 Å². The second kappa shape index (κ2) is 4.76. The third-order valence-corrected chi connectivity index (χ3v) is 3.72. The fraction of sp³-hybridized carbons (Fsp3) is 0.538. The molecule has 1 aliphatic rings. The van der Waals surface area contributed by atoms with Crippen LogP contribution in [-0.4, -0.2) is 11.0 Å². The van der Waals surface area contributed by atoms with Crippen molar-refractivity contribution in [2.75, 3.05) is 5.32 Å². The molecule has 0 saturated heterocycles. The van der Waals surface area contributed by atoms with E-state index >= 15 is 0 Å². The fourth-order valence-electron chi connectivity index (χ4n) is 2.56. The van der Waals surface area contributed by atoms with Crippen molar-refractivity contribution in [2.24, 2.45) is 5.41 Å². The molecule has 4 nitrogen and oxygen atoms in total. The van der Waals surface area contributed by atoms with Crippen LogP contribution in [-0.2, 0) is 0 Å². The highest BCUT2D eigenvalue weighted by Gasteiger charge is 2.31. The number of rotatable bonds is 3. The molecule has 18 heavy (non-hydrogen) atoms. The molecule has 0 amide bonds. The summed E-state index contributed by atoms with van der Waals surface area (Å²) in [6.07, 6.45) is 3.20. The number of nitrogens with zero attached hydrogens (tertiary/aromatic N) is 1. The highest BCUT2D eigenvalue weighted by Crippen LogP contribution is 2.39. The van der Waals surface area contributed by atoms with Crippen LogP contribution in [0.5, 0.6) is 0 Å². The minimum absolute atomic E-state index is 0.0871. The van der Waals surface area contributed by atoms with Crippen LogP contribution in [0, 0.1) is 15.5 Å². The SMILES string of the molecule is CC1(C)CCC(Nc2cc(Cl)ccc2[N+](=O)[O-])C1. The van der Waals surface area contributed by atoms with Gasteiger partial charge in [0.1, 0.15) is 5.69 Å². The molecule has 1 N–H and O–H groups in total. The van der Waals surface area contributed by atoms with Crippen molar-refractivity contribution in [3.63, 3.8) is 0 Å². The van der Waals surface area contributed by atoms with Gasteiger partial charge in [0.15, 0.2) is 0 Å². The van der Waals surface area contributed by atoms with Crippen LogP contribution in [0.4, 0.5) is 11.4 Å². The Hall–Kier alpha value is -1.29. The van der Waals surface area contributed by atoms with Crippen LogP contribution in [0.1, 0.15) is 33.1 Å². The van der Waals surface area contributed by atoms with E-state index in [9.17, 15) is 10.1 Å². The summed E-state index contributed by atoms with van der Waals surface area (Å²) in [5.74, 6) is 0. The molecular weight excluding hydrogens is 252 g/mol. The maximum Gasteiger partial charge on any atom is 0.292 e. The van der Waals surface area contributed by atoms with Crippen LogP contribution >= 0.6 is 11.6 Å². The van der Waals surface area contributed by atoms with Gasteiger partial charge >= 0.3 is 0 Å². The van der Waals surface area contributed by atoms with Gasteiger partial charge in [0.05, 0.1) is 4.92 Å². The van der Waals surface area contributed by atoms with Crippen LogP contribution in [0.15, 0.2) is 18.2 Å². The summed E-state index contributed by atoms with van der Waals surface area (Å²) in [6, 6.07) is 4.91. The average molecular weight is 269 g/mol. The Morgan fingerprint density at radius 3 is 2.78 bits per heavy atom. The lowest BCUT2D eigenvalue weighted by Gasteiger charge is -2.18. The van der Waals surface area contributed by atoms with E-state index in [4.69, 9.17) is 11.6 Å². The van der Waals surface area contributed by atoms with Crippen molar-refractivity contribution in [1.29, 1.82) is 0 Å². The van der Waals surface area contributed by atoms with Gasteiger partial charge in [-0.25, -0.2) is 0 Å². The number of nitro benzene ring substituents is 1. The van der Waals surface area contributed by atoms with Crippen molar-refractivity contribution < 1.29 is 4.92 Å². The highest BCUT2D eigenvalue weighted by atomic mass is 35.5. The van der Waals surface area contributed by atoms with E-state index in [0.717, 1.165) is 19.3 Å². The molecule has 1 fully saturated rings. The average Bonchev–Trinajstić information content (AvgIpc) is 2.57. The van der Waals surface area contributed by atoms with Gasteiger partial charge in [-0.05, 0) is 36.8 Å². The van der Waals surface area contributed by atoms with Crippen LogP contribution in [0.2, 0.25) is 5.02 Å². The zero-order valence-electron chi connectivity index (χ0n) is 10.6. The van der Waals surface area contributed by atoms with E-state index in [0.29, 0.717) is 16.1 Å². The monoisotopic (exact) mass is 268 g/mol. The van der Waals surface area contributed by atoms with Gasteiger partial charge in [0.25, 0.3) is 5.69 Å². The van der Waals surface area contributed by atoms with Gasteiger partial charge in [0, 0.05) is 17.1 Å². The van der Waals surface area contributed by atoms with Crippen molar-refractivity contribution in [1.82, 2.24) is 0 Å². The van der Waals surface area contributed by atoms with Gasteiger partial charge in [0.2, 0.25) is 0 Å². The molecule has 1 aromatic rings. The molecule has 98 valence electrons. The fourth-order valence-corrected chi connectivity index (χ4v) is 2.73. The largest absolute Gasteiger partial charge is 0.377 e. The molecule has 0 spiro atoms. The Balaban J connectivity index is 2.18. The van der Waals surface area contributed by atoms with E-state index in [1.165, 1.54) is 6.07 Å². The lowest BCUT2D eigenvalue weighted by atomic mass is 9.92. The molecule has 1 aliphatic carbocycles. The first-order valence-electron chi connectivity index (χ1n) is 6.08. The Labute approximate surface area is 111 Å². The van der Waals surface area contributed by atoms with E-state index in [2.05, 4.69) is 19.2 Å². The summed E-state index contributed by atoms with van der Waals surface area (Å²) in [5, 5.41) is 14.7. The van der Waals surface area contributed by atoms with Crippen LogP contribution < -0.4 is 5.32 Å². The minimum Gasteiger partial charge on any atom is -0.377 e. The van der Waals surface area contributed by atoms with Crippen molar-refractivity contribution in [2.45, 2.75) is 39.2 Å². The molecule has 2 rings (SSSR count). The van der Waals surface area contributed by atoms with Gasteiger partial charge in [-0.1, -0.05) is 25.4 Å². The van der Waals surface area contributed by atoms with Gasteiger partial charge in [-0.3, -0.25) is 10.1 Å². The zero-order chi connectivity index (χ0) is 13.3. The normalized spacial score (nSPS) is 21.8. The zero-order valence-corrected chi connectivity index (χ0v) is 11.3. The van der Waals surface area contributed by atoms with Gasteiger partial charge < -0.3 is 5.32 Å². The molecule has 0 radical (unpaired) electrons. The van der Waals surface area contributed by atoms with Gasteiger partial charge in [-0.2, -0.15) is 0 Å². The summed E-state index contributed by atoms with van der Waals surface area (Å²) < 4.78 is 0. The summed E-state index contributed by atoms with van der Waals surface area (Å²) in [7, 11) is 0. The Bertz CT molecular complexity index is 474. The molecular formula is C13H17ClN2O2. The van der Waals surface area contributed by atoms with Crippen LogP contribution in [0.25, 0.3) is 0 Å². The third kappa shape index (κ3) is 2.93. The minimum atomic E-state index is -0.376. The number of benzene rings is 1. The summed E-state index contributed by atoms with van der Waals surface area (Å²) in [5.41, 5.74) is 0.921. The van der Waals surface area contributed by atoms with Crippen LogP contribution in [0.3, 0.4) is 0 Å². The second-order valence-corrected chi connectivity index (χ2v) is 6.10. The number of nitrogens with one attached hydrogen (secondary N) is 1. The number of hydrogen-bond donors (Lipinski definition) is 1. The molecule has 1 atom stereocenters. The van der Waals surface area contributed by atoms with E-state index in [1.54, 1.807) is 12.1 Å². The first kappa shape index (κ1) is 13.1. The molecule has 1 aromatic carbocycles. The topological polar surface area (TPSA) is 55.2 Å². The summed E-state index contributed by atoms with van der Waals surface area (Å²) in [4.78, 5) is 10.6. The molecule has 1 saturated carbocycles. The van der Waals surface area contributed by atoms with Gasteiger partial charge in [-0.15, -0.1) is 0 Å². The quantitative estimate of drug-likeness (QED) is 0.659. The second-order valence-electron chi connectivity index (χ2n) is 5.67. The number of halogens is 1. The Morgan fingerprint density at radius 2 is 2.22 bits per heavy atom. The molecule has 1 unspecified atom stereocenters. The number of hydrogen-bond acceptors (Lipinski definition) is 3. The highest BCUT2D eigenvalue weighted by molar-refractivity contribution is 6.31. The maximum absolute atomic E-state index is 11.0. The molecule has 5 heteroatoms. The standard InChI is InChI=1S/C13H17ClN2O2/c1-13(2)6-5-10(8-13)15-11-7-9(14)3-4-12(11)16(17)18/h3-4,7,10,15H,5-6,8H2,1-2H3. The number of anilines is 1. The summed E-state index contributed by atoms with van der Waals surface area (Å²) in [6.45, 7) is 4.45. The molecule has 0 aromatic heterocycles. The Morgan fingerprint density at radius 1 is 1.50 bits per heavy atom. The molecule has 0 aliphatic heterocycles. The predicted octanol–water partition coefficient (Wildman–Crippen LogP) is 4.24. The Kier molecular flexibility index (Phi) is 3.48. The summed E-state index contributed by atoms with van der Waals surface area (Å²) >= 11 is 5.90.